The van der Waals surface area contributed by atoms with Crippen LogP contribution < -0.4 is 10.5 Å². The average molecular weight is 346 g/mol. The summed E-state index contributed by atoms with van der Waals surface area (Å²) < 4.78 is 7.55. The Kier molecular flexibility index (Phi) is 5.25. The first kappa shape index (κ1) is 18.6. The molecule has 0 unspecified atom stereocenters. The molecular weight excluding hydrogens is 320 g/mol. The number of nitrogens with zero attached hydrogens (tertiary/aromatic N) is 3. The summed E-state index contributed by atoms with van der Waals surface area (Å²) in [5.74, 6) is 0.602. The second-order valence-corrected chi connectivity index (χ2v) is 7.18. The zero-order valence-electron chi connectivity index (χ0n) is 15.4. The van der Waals surface area contributed by atoms with Crippen LogP contribution in [0.4, 0.5) is 10.5 Å². The van der Waals surface area contributed by atoms with Gasteiger partial charge in [-0.1, -0.05) is 0 Å². The van der Waals surface area contributed by atoms with Crippen LogP contribution in [0.1, 0.15) is 27.7 Å². The average Bonchev–Trinajstić information content (AvgIpc) is 2.89. The summed E-state index contributed by atoms with van der Waals surface area (Å²) in [7, 11) is 1.85. The zero-order chi connectivity index (χ0) is 18.8. The molecule has 1 aromatic heterocycles. The molecule has 136 valence electrons. The highest BCUT2D eigenvalue weighted by Crippen LogP contribution is 2.27. The molecule has 3 N–H and O–H groups in total. The number of anilines is 1. The predicted octanol–water partition coefficient (Wildman–Crippen LogP) is 3.22. The highest BCUT2D eigenvalue weighted by molar-refractivity contribution is 5.69. The molecule has 7 heteroatoms. The summed E-state index contributed by atoms with van der Waals surface area (Å²) in [6.45, 7) is 7.64. The molecule has 0 radical (unpaired) electrons. The van der Waals surface area contributed by atoms with Gasteiger partial charge in [0.05, 0.1) is 12.2 Å². The minimum absolute atomic E-state index is 0.236. The number of nitrogens with two attached hydrogens (primary N) is 1. The molecule has 0 aliphatic rings. The van der Waals surface area contributed by atoms with Crippen molar-refractivity contribution >= 4 is 11.8 Å². The van der Waals surface area contributed by atoms with Crippen molar-refractivity contribution in [3.63, 3.8) is 0 Å². The first-order valence-corrected chi connectivity index (χ1v) is 8.12. The predicted molar refractivity (Wildman–Crippen MR) is 97.6 cm³/mol. The number of rotatable bonds is 5. The fourth-order valence-corrected chi connectivity index (χ4v) is 2.87. The summed E-state index contributed by atoms with van der Waals surface area (Å²) >= 11 is 0. The molecule has 0 saturated heterocycles. The Morgan fingerprint density at radius 3 is 2.56 bits per heavy atom. The fraction of sp³-hybridized carbons (Fsp3) is 0.444. The van der Waals surface area contributed by atoms with Crippen molar-refractivity contribution in [1.82, 2.24) is 14.7 Å². The monoisotopic (exact) mass is 346 g/mol. The molecule has 2 aromatic rings. The van der Waals surface area contributed by atoms with Gasteiger partial charge in [0.1, 0.15) is 12.4 Å². The lowest BCUT2D eigenvalue weighted by Crippen LogP contribution is -2.52. The third-order valence-electron chi connectivity index (χ3n) is 3.83. The summed E-state index contributed by atoms with van der Waals surface area (Å²) in [6.07, 6.45) is 2.69. The van der Waals surface area contributed by atoms with Gasteiger partial charge >= 0.3 is 6.09 Å². The molecule has 0 bridgehead atoms. The second-order valence-electron chi connectivity index (χ2n) is 7.18. The Morgan fingerprint density at radius 1 is 1.36 bits per heavy atom. The van der Waals surface area contributed by atoms with Crippen LogP contribution in [0.25, 0.3) is 11.1 Å². The van der Waals surface area contributed by atoms with Gasteiger partial charge in [0.15, 0.2) is 0 Å². The number of amides is 1. The van der Waals surface area contributed by atoms with Crippen molar-refractivity contribution < 1.29 is 14.6 Å². The van der Waals surface area contributed by atoms with Crippen molar-refractivity contribution in [3.05, 3.63) is 30.6 Å². The van der Waals surface area contributed by atoms with Crippen molar-refractivity contribution in [1.29, 1.82) is 0 Å². The Balaban J connectivity index is 2.15. The van der Waals surface area contributed by atoms with Gasteiger partial charge in [0.2, 0.25) is 0 Å². The lowest BCUT2D eigenvalue weighted by atomic mass is 10.0. The normalized spacial score (nSPS) is 12.7. The summed E-state index contributed by atoms with van der Waals surface area (Å²) in [4.78, 5) is 12.9. The molecular formula is C18H26N4O3. The second kappa shape index (κ2) is 7.04. The maximum absolute atomic E-state index is 11.5. The maximum atomic E-state index is 11.5. The highest BCUT2D eigenvalue weighted by atomic mass is 16.5. The van der Waals surface area contributed by atoms with Gasteiger partial charge in [0.25, 0.3) is 0 Å². The van der Waals surface area contributed by atoms with Crippen LogP contribution in [-0.4, -0.2) is 44.1 Å². The molecule has 0 aliphatic heterocycles. The molecule has 7 nitrogen and oxygen atoms in total. The molecule has 0 saturated carbocycles. The number of carbonyl (C=O) groups is 1. The Labute approximate surface area is 148 Å². The van der Waals surface area contributed by atoms with E-state index in [1.807, 2.05) is 53.1 Å². The van der Waals surface area contributed by atoms with Crippen LogP contribution >= 0.6 is 0 Å². The minimum Gasteiger partial charge on any atom is -0.491 e. The molecule has 1 aromatic carbocycles. The Bertz CT molecular complexity index is 749. The van der Waals surface area contributed by atoms with Gasteiger partial charge < -0.3 is 15.6 Å². The van der Waals surface area contributed by atoms with Crippen LogP contribution in [0.3, 0.4) is 0 Å². The Hall–Kier alpha value is -2.70. The number of hydrogen-bond acceptors (Lipinski definition) is 4. The van der Waals surface area contributed by atoms with Gasteiger partial charge in [-0.15, -0.1) is 0 Å². The van der Waals surface area contributed by atoms with Crippen molar-refractivity contribution in [2.45, 2.75) is 39.3 Å². The van der Waals surface area contributed by atoms with E-state index < -0.39 is 11.6 Å². The van der Waals surface area contributed by atoms with E-state index in [4.69, 9.17) is 10.5 Å². The topological polar surface area (TPSA) is 93.6 Å². The number of nitrogen functional groups attached to an aromatic ring is 1. The van der Waals surface area contributed by atoms with Crippen molar-refractivity contribution in [2.24, 2.45) is 7.05 Å². The molecule has 0 spiro atoms. The molecule has 0 fully saturated rings. The highest BCUT2D eigenvalue weighted by Gasteiger charge is 2.31. The van der Waals surface area contributed by atoms with Crippen LogP contribution in [0.2, 0.25) is 0 Å². The number of aryl methyl sites for hydroxylation is 1. The fourth-order valence-electron chi connectivity index (χ4n) is 2.87. The third kappa shape index (κ3) is 4.65. The van der Waals surface area contributed by atoms with E-state index >= 15 is 0 Å². The number of aromatic nitrogens is 2. The van der Waals surface area contributed by atoms with Gasteiger partial charge in [-0.05, 0) is 45.4 Å². The van der Waals surface area contributed by atoms with Crippen molar-refractivity contribution in [2.75, 3.05) is 12.3 Å². The van der Waals surface area contributed by atoms with E-state index in [9.17, 15) is 9.90 Å². The van der Waals surface area contributed by atoms with Crippen LogP contribution in [-0.2, 0) is 7.05 Å². The molecule has 0 aliphatic carbocycles. The Morgan fingerprint density at radius 2 is 2.04 bits per heavy atom. The van der Waals surface area contributed by atoms with Gasteiger partial charge in [-0.25, -0.2) is 4.79 Å². The maximum Gasteiger partial charge on any atom is 0.408 e. The molecule has 2 rings (SSSR count). The molecule has 1 heterocycles. The van der Waals surface area contributed by atoms with E-state index in [0.717, 1.165) is 11.1 Å². The minimum atomic E-state index is -0.966. The lowest BCUT2D eigenvalue weighted by molar-refractivity contribution is 0.0578. The van der Waals surface area contributed by atoms with E-state index in [1.54, 1.807) is 16.9 Å². The van der Waals surface area contributed by atoms with Crippen LogP contribution in [0, 0.1) is 0 Å². The summed E-state index contributed by atoms with van der Waals surface area (Å²) in [6, 6.07) is 5.16. The van der Waals surface area contributed by atoms with Crippen LogP contribution in [0.15, 0.2) is 30.6 Å². The summed E-state index contributed by atoms with van der Waals surface area (Å²) in [5.41, 5.74) is 7.89. The summed E-state index contributed by atoms with van der Waals surface area (Å²) in [5, 5.41) is 13.6. The van der Waals surface area contributed by atoms with Crippen molar-refractivity contribution in [3.8, 4) is 16.9 Å². The van der Waals surface area contributed by atoms with Gasteiger partial charge in [0, 0.05) is 36.1 Å². The first-order valence-electron chi connectivity index (χ1n) is 8.12. The van der Waals surface area contributed by atoms with E-state index in [1.165, 1.54) is 4.90 Å². The zero-order valence-corrected chi connectivity index (χ0v) is 15.4. The molecule has 25 heavy (non-hydrogen) atoms. The largest absolute Gasteiger partial charge is 0.491 e. The first-order chi connectivity index (χ1) is 11.6. The molecule has 1 amide bonds. The van der Waals surface area contributed by atoms with Gasteiger partial charge in [-0.3, -0.25) is 9.58 Å². The lowest BCUT2D eigenvalue weighted by Gasteiger charge is -2.37. The number of ether oxygens (including phenoxy) is 1. The quantitative estimate of drug-likeness (QED) is 0.811. The number of carboxylic acid groups (broad SMARTS) is 1. The van der Waals surface area contributed by atoms with Gasteiger partial charge in [-0.2, -0.15) is 5.10 Å². The van der Waals surface area contributed by atoms with E-state index in [2.05, 4.69) is 5.10 Å². The SMILES string of the molecule is C[C@@H](COc1cc(N)cc(-c2cnn(C)c2)c1)N(C(=O)O)C(C)(C)C. The number of hydrogen-bond donors (Lipinski definition) is 2. The third-order valence-corrected chi connectivity index (χ3v) is 3.83. The number of benzene rings is 1. The standard InChI is InChI=1S/C18H26N4O3/c1-12(22(17(23)24)18(2,3)4)11-25-16-7-13(6-15(19)8-16)14-9-20-21(5)10-14/h6-10,12H,11,19H2,1-5H3,(H,23,24)/t12-/m0/s1. The van der Waals surface area contributed by atoms with Crippen LogP contribution in [0.5, 0.6) is 5.75 Å². The smallest absolute Gasteiger partial charge is 0.408 e. The van der Waals surface area contributed by atoms with E-state index in [0.29, 0.717) is 11.4 Å². The van der Waals surface area contributed by atoms with E-state index in [-0.39, 0.29) is 12.6 Å². The molecule has 1 atom stereocenters.